The Balaban J connectivity index is 0.000000245. The van der Waals surface area contributed by atoms with Gasteiger partial charge in [-0.05, 0) is 136 Å². The second-order valence-corrected chi connectivity index (χ2v) is 21.9. The minimum Gasteiger partial charge on any atom is -0.477 e. The van der Waals surface area contributed by atoms with Gasteiger partial charge in [0.2, 0.25) is 0 Å². The monoisotopic (exact) mass is 970 g/mol. The Morgan fingerprint density at radius 2 is 1.05 bits per heavy atom. The van der Waals surface area contributed by atoms with Crippen LogP contribution in [0.3, 0.4) is 0 Å². The fraction of sp³-hybridized carbons (Fsp3) is 0.585. The third-order valence-electron chi connectivity index (χ3n) is 13.2. The van der Waals surface area contributed by atoms with Crippen LogP contribution in [0.2, 0.25) is 0 Å². The number of carbonyl (C=O) groups excluding carboxylic acids is 1. The zero-order valence-corrected chi connectivity index (χ0v) is 41.8. The van der Waals surface area contributed by atoms with Crippen LogP contribution in [0, 0.1) is 11.8 Å². The number of hydrogen-bond donors (Lipinski definition) is 5. The molecule has 2 aliphatic rings. The number of carboxylic acid groups (broad SMARTS) is 1. The maximum Gasteiger partial charge on any atom is 0.348 e. The lowest BCUT2D eigenvalue weighted by Gasteiger charge is -2.24. The van der Waals surface area contributed by atoms with Crippen LogP contribution in [-0.2, 0) is 17.6 Å². The quantitative estimate of drug-likeness (QED) is 0.0281. The Hall–Kier alpha value is -2.80. The first-order valence-electron chi connectivity index (χ1n) is 24.0. The number of alkyl halides is 2. The molecule has 12 heteroatoms. The van der Waals surface area contributed by atoms with Gasteiger partial charge in [-0.15, -0.1) is 45.9 Å². The molecule has 4 aromatic rings. The molecule has 65 heavy (non-hydrogen) atoms. The van der Waals surface area contributed by atoms with Crippen molar-refractivity contribution in [1.29, 1.82) is 0 Å². The highest BCUT2D eigenvalue weighted by atomic mass is 35.5. The van der Waals surface area contributed by atoms with Gasteiger partial charge in [0.25, 0.3) is 0 Å². The van der Waals surface area contributed by atoms with Crippen molar-refractivity contribution < 1.29 is 39.9 Å². The van der Waals surface area contributed by atoms with Crippen LogP contribution in [0.25, 0.3) is 0 Å². The highest BCUT2D eigenvalue weighted by Crippen LogP contribution is 2.47. The van der Waals surface area contributed by atoms with Gasteiger partial charge in [0, 0.05) is 32.3 Å². The van der Waals surface area contributed by atoms with E-state index in [1.165, 1.54) is 27.6 Å². The number of carbonyl (C=O) groups is 2. The Morgan fingerprint density at radius 1 is 0.631 bits per heavy atom. The molecule has 2 fully saturated rings. The molecule has 0 radical (unpaired) electrons. The molecular formula is C53H72Cl2O8S2. The molecule has 0 bridgehead atoms. The summed E-state index contributed by atoms with van der Waals surface area (Å²) < 4.78 is 5.28. The maximum absolute atomic E-state index is 12.1. The number of benzene rings is 2. The van der Waals surface area contributed by atoms with E-state index in [1.54, 1.807) is 6.07 Å². The molecule has 6 rings (SSSR count). The molecule has 2 heterocycles. The lowest BCUT2D eigenvalue weighted by molar-refractivity contribution is 0.0383. The topological polar surface area (TPSA) is 145 Å². The van der Waals surface area contributed by atoms with Crippen molar-refractivity contribution in [3.8, 4) is 0 Å². The van der Waals surface area contributed by atoms with Crippen LogP contribution in [-0.4, -0.2) is 66.5 Å². The van der Waals surface area contributed by atoms with Gasteiger partial charge in [0.15, 0.2) is 0 Å². The van der Waals surface area contributed by atoms with Crippen LogP contribution in [0.4, 0.5) is 0 Å². The number of rotatable bonds is 23. The van der Waals surface area contributed by atoms with Crippen molar-refractivity contribution in [2.75, 3.05) is 0 Å². The van der Waals surface area contributed by atoms with E-state index in [2.05, 4.69) is 26.0 Å². The first-order chi connectivity index (χ1) is 31.2. The molecule has 2 aromatic heterocycles. The lowest BCUT2D eigenvalue weighted by Crippen LogP contribution is -2.19. The van der Waals surface area contributed by atoms with Crippen molar-refractivity contribution in [3.05, 3.63) is 115 Å². The van der Waals surface area contributed by atoms with Crippen molar-refractivity contribution >= 4 is 57.8 Å². The van der Waals surface area contributed by atoms with Gasteiger partial charge in [-0.1, -0.05) is 101 Å². The number of aromatic carboxylic acids is 1. The summed E-state index contributed by atoms with van der Waals surface area (Å²) in [6, 6.07) is 23.5. The Labute approximate surface area is 405 Å². The first-order valence-corrected chi connectivity index (χ1v) is 26.5. The fourth-order valence-corrected chi connectivity index (χ4v) is 12.5. The van der Waals surface area contributed by atoms with E-state index in [0.29, 0.717) is 22.6 Å². The van der Waals surface area contributed by atoms with E-state index in [-0.39, 0.29) is 46.5 Å². The molecule has 0 saturated heterocycles. The number of ether oxygens (including phenoxy) is 1. The second kappa shape index (κ2) is 26.7. The van der Waals surface area contributed by atoms with E-state index in [4.69, 9.17) is 33.0 Å². The molecule has 0 amide bonds. The minimum absolute atomic E-state index is 0.00768. The second-order valence-electron chi connectivity index (χ2n) is 18.4. The standard InChI is InChI=1S/C28H39ClO4S.C25H33ClO4S/c1-4-5-6-10-24(30)19-11-13-20(14-12-19)27-22(23(29)17-25(27)31)9-7-8-21-15-16-26(34-21)28(32)33-18(2)3;1-2-3-4-8-21(27)16-9-11-17(12-10-16)24-19(20(26)15-22(24)28)7-5-6-18-13-14-23(31-18)25(29)30/h11-16,18,22-25,27,30-31H,4-10,17H2,1-3H3;9-14,19-22,24,27-28H,2-8,15H2,1H3,(H,29,30)/t22-,23+,24?,25+,27+;19-,20+,21?,22+,24+/m00/s1. The van der Waals surface area contributed by atoms with Crippen LogP contribution >= 0.6 is 45.9 Å². The molecule has 2 aliphatic carbocycles. The summed E-state index contributed by atoms with van der Waals surface area (Å²) in [6.07, 6.45) is 12.8. The van der Waals surface area contributed by atoms with E-state index in [9.17, 15) is 30.0 Å². The summed E-state index contributed by atoms with van der Waals surface area (Å²) in [6.45, 7) is 8.02. The van der Waals surface area contributed by atoms with Gasteiger partial charge in [-0.3, -0.25) is 0 Å². The molecular weight excluding hydrogens is 900 g/mol. The Morgan fingerprint density at radius 3 is 1.43 bits per heavy atom. The molecule has 2 unspecified atom stereocenters. The maximum atomic E-state index is 12.1. The molecule has 8 nitrogen and oxygen atoms in total. The molecule has 358 valence electrons. The van der Waals surface area contributed by atoms with Gasteiger partial charge in [0.05, 0.1) is 30.5 Å². The average Bonchev–Trinajstić information content (AvgIpc) is 4.07. The van der Waals surface area contributed by atoms with Gasteiger partial charge < -0.3 is 30.3 Å². The zero-order chi connectivity index (χ0) is 47.0. The summed E-state index contributed by atoms with van der Waals surface area (Å²) in [7, 11) is 0. The Bertz CT molecular complexity index is 2020. The van der Waals surface area contributed by atoms with E-state index in [1.807, 2.05) is 68.4 Å². The predicted octanol–water partition coefficient (Wildman–Crippen LogP) is 13.2. The molecule has 5 N–H and O–H groups in total. The highest BCUT2D eigenvalue weighted by molar-refractivity contribution is 7.14. The average molecular weight is 972 g/mol. The van der Waals surface area contributed by atoms with Gasteiger partial charge in [-0.25, -0.2) is 9.59 Å². The van der Waals surface area contributed by atoms with Crippen LogP contribution in [0.1, 0.15) is 193 Å². The van der Waals surface area contributed by atoms with E-state index in [0.717, 1.165) is 117 Å². The normalized spacial score (nSPS) is 23.9. The number of carboxylic acids is 1. The molecule has 2 saturated carbocycles. The number of halogens is 2. The number of unbranched alkanes of at least 4 members (excludes halogenated alkanes) is 4. The van der Waals surface area contributed by atoms with E-state index < -0.39 is 30.4 Å². The van der Waals surface area contributed by atoms with Crippen molar-refractivity contribution in [1.82, 2.24) is 0 Å². The van der Waals surface area contributed by atoms with Crippen molar-refractivity contribution in [2.24, 2.45) is 11.8 Å². The number of hydrogen-bond acceptors (Lipinski definition) is 9. The summed E-state index contributed by atoms with van der Waals surface area (Å²) in [5.41, 5.74) is 4.04. The lowest BCUT2D eigenvalue weighted by atomic mass is 9.84. The number of thiophene rings is 2. The summed E-state index contributed by atoms with van der Waals surface area (Å²) in [4.78, 5) is 26.4. The zero-order valence-electron chi connectivity index (χ0n) is 38.6. The highest BCUT2D eigenvalue weighted by Gasteiger charge is 2.43. The SMILES string of the molecule is CCCCCC(O)c1ccc([C@@H]2[C@@H](CCCc3ccc(C(=O)O)s3)[C@H](Cl)C[C@H]2O)cc1.CCCCCC(O)c1ccc([C@@H]2[C@@H](CCCc3ccc(C(=O)OC(C)C)s3)[C@H](Cl)C[C@H]2O)cc1. The predicted molar refractivity (Wildman–Crippen MR) is 266 cm³/mol. The number of aliphatic hydroxyl groups excluding tert-OH is 4. The molecule has 0 spiro atoms. The van der Waals surface area contributed by atoms with Crippen molar-refractivity contribution in [3.63, 3.8) is 0 Å². The Kier molecular flexibility index (Phi) is 21.8. The first kappa shape index (κ1) is 53.2. The number of aliphatic hydroxyl groups is 4. The van der Waals surface area contributed by atoms with Gasteiger partial charge >= 0.3 is 11.9 Å². The third kappa shape index (κ3) is 15.6. The summed E-state index contributed by atoms with van der Waals surface area (Å²) in [5.74, 6) is -0.765. The van der Waals surface area contributed by atoms with Crippen LogP contribution in [0.5, 0.6) is 0 Å². The number of esters is 1. The summed E-state index contributed by atoms with van der Waals surface area (Å²) in [5, 5.41) is 51.3. The van der Waals surface area contributed by atoms with Crippen molar-refractivity contribution in [2.45, 2.75) is 184 Å². The third-order valence-corrected chi connectivity index (χ3v) is 16.4. The minimum atomic E-state index is -0.880. The van der Waals surface area contributed by atoms with E-state index >= 15 is 0 Å². The molecule has 10 atom stereocenters. The number of aryl methyl sites for hydroxylation is 2. The molecule has 2 aromatic carbocycles. The summed E-state index contributed by atoms with van der Waals surface area (Å²) >= 11 is 16.1. The smallest absolute Gasteiger partial charge is 0.348 e. The van der Waals surface area contributed by atoms with Gasteiger partial charge in [-0.2, -0.15) is 0 Å². The molecule has 0 aliphatic heterocycles. The van der Waals surface area contributed by atoms with Crippen LogP contribution in [0.15, 0.2) is 72.8 Å². The van der Waals surface area contributed by atoms with Crippen LogP contribution < -0.4 is 0 Å². The van der Waals surface area contributed by atoms with Gasteiger partial charge in [0.1, 0.15) is 9.75 Å². The fourth-order valence-electron chi connectivity index (χ4n) is 9.72. The largest absolute Gasteiger partial charge is 0.477 e.